The second-order valence-corrected chi connectivity index (χ2v) is 3.77. The van der Waals surface area contributed by atoms with Gasteiger partial charge in [0.1, 0.15) is 0 Å². The minimum absolute atomic E-state index is 0.480. The van der Waals surface area contributed by atoms with Gasteiger partial charge in [0.25, 0.3) is 0 Å². The highest BCUT2D eigenvalue weighted by Gasteiger charge is 2.15. The molecular formula is C13H20O3. The quantitative estimate of drug-likeness (QED) is 0.768. The molecule has 0 N–H and O–H groups in total. The number of ether oxygens (including phenoxy) is 3. The Hall–Kier alpha value is -1.38. The molecule has 1 unspecified atom stereocenters. The molecule has 0 aliphatic rings. The van der Waals surface area contributed by atoms with Crippen LogP contribution in [-0.4, -0.2) is 21.3 Å². The van der Waals surface area contributed by atoms with E-state index in [1.165, 1.54) is 5.56 Å². The first kappa shape index (κ1) is 12.7. The van der Waals surface area contributed by atoms with E-state index in [1.54, 1.807) is 21.3 Å². The summed E-state index contributed by atoms with van der Waals surface area (Å²) in [5.74, 6) is 2.57. The summed E-state index contributed by atoms with van der Waals surface area (Å²) in [5, 5.41) is 0. The van der Waals surface area contributed by atoms with Gasteiger partial charge in [-0.1, -0.05) is 13.8 Å². The Morgan fingerprint density at radius 1 is 1.00 bits per heavy atom. The molecule has 0 heterocycles. The molecular weight excluding hydrogens is 204 g/mol. The molecule has 0 bridgehead atoms. The summed E-state index contributed by atoms with van der Waals surface area (Å²) < 4.78 is 15.9. The molecule has 1 rings (SSSR count). The number of hydrogen-bond donors (Lipinski definition) is 0. The number of methoxy groups -OCH3 is 3. The molecule has 90 valence electrons. The highest BCUT2D eigenvalue weighted by atomic mass is 16.5. The first-order valence-corrected chi connectivity index (χ1v) is 5.47. The molecule has 3 heteroatoms. The molecule has 0 fully saturated rings. The van der Waals surface area contributed by atoms with Crippen LogP contribution in [-0.2, 0) is 0 Å². The summed E-state index contributed by atoms with van der Waals surface area (Å²) >= 11 is 0. The van der Waals surface area contributed by atoms with E-state index in [-0.39, 0.29) is 0 Å². The van der Waals surface area contributed by atoms with Crippen molar-refractivity contribution in [2.24, 2.45) is 0 Å². The highest BCUT2D eigenvalue weighted by molar-refractivity contribution is 5.54. The van der Waals surface area contributed by atoms with Crippen LogP contribution in [0.1, 0.15) is 31.7 Å². The molecule has 0 saturated heterocycles. The standard InChI is InChI=1S/C13H20O3/c1-6-9(2)10-7-11(14-3)13(16-5)12(8-10)15-4/h7-9H,6H2,1-5H3. The molecule has 1 aromatic rings. The van der Waals surface area contributed by atoms with Crippen molar-refractivity contribution in [3.63, 3.8) is 0 Å². The zero-order valence-corrected chi connectivity index (χ0v) is 10.7. The van der Waals surface area contributed by atoms with Crippen molar-refractivity contribution in [2.75, 3.05) is 21.3 Å². The highest BCUT2D eigenvalue weighted by Crippen LogP contribution is 2.40. The van der Waals surface area contributed by atoms with Gasteiger partial charge in [0.2, 0.25) is 5.75 Å². The van der Waals surface area contributed by atoms with Crippen molar-refractivity contribution in [3.05, 3.63) is 17.7 Å². The Morgan fingerprint density at radius 2 is 1.50 bits per heavy atom. The molecule has 1 atom stereocenters. The maximum absolute atomic E-state index is 5.31. The van der Waals surface area contributed by atoms with E-state index in [2.05, 4.69) is 13.8 Å². The Kier molecular flexibility index (Phi) is 4.47. The van der Waals surface area contributed by atoms with Crippen molar-refractivity contribution >= 4 is 0 Å². The van der Waals surface area contributed by atoms with Gasteiger partial charge in [-0.3, -0.25) is 0 Å². The van der Waals surface area contributed by atoms with Crippen LogP contribution in [0.15, 0.2) is 12.1 Å². The maximum Gasteiger partial charge on any atom is 0.203 e. The summed E-state index contributed by atoms with van der Waals surface area (Å²) in [5.41, 5.74) is 1.21. The number of hydrogen-bond acceptors (Lipinski definition) is 3. The fourth-order valence-electron chi connectivity index (χ4n) is 1.62. The van der Waals surface area contributed by atoms with E-state index in [9.17, 15) is 0 Å². The van der Waals surface area contributed by atoms with Crippen molar-refractivity contribution in [3.8, 4) is 17.2 Å². The lowest BCUT2D eigenvalue weighted by atomic mass is 9.98. The van der Waals surface area contributed by atoms with Crippen molar-refractivity contribution in [2.45, 2.75) is 26.2 Å². The minimum atomic E-state index is 0.480. The van der Waals surface area contributed by atoms with Crippen molar-refractivity contribution < 1.29 is 14.2 Å². The smallest absolute Gasteiger partial charge is 0.203 e. The van der Waals surface area contributed by atoms with Crippen LogP contribution in [0.2, 0.25) is 0 Å². The van der Waals surface area contributed by atoms with Gasteiger partial charge in [-0.05, 0) is 30.0 Å². The predicted molar refractivity (Wildman–Crippen MR) is 64.8 cm³/mol. The molecule has 0 spiro atoms. The van der Waals surface area contributed by atoms with E-state index in [4.69, 9.17) is 14.2 Å². The lowest BCUT2D eigenvalue weighted by molar-refractivity contribution is 0.323. The predicted octanol–water partition coefficient (Wildman–Crippen LogP) is 3.23. The second-order valence-electron chi connectivity index (χ2n) is 3.77. The zero-order valence-electron chi connectivity index (χ0n) is 10.7. The molecule has 1 aromatic carbocycles. The Bertz CT molecular complexity index is 322. The largest absolute Gasteiger partial charge is 0.493 e. The zero-order chi connectivity index (χ0) is 12.1. The van der Waals surface area contributed by atoms with E-state index in [0.717, 1.165) is 17.9 Å². The first-order valence-electron chi connectivity index (χ1n) is 5.47. The number of benzene rings is 1. The van der Waals surface area contributed by atoms with Crippen LogP contribution in [0.4, 0.5) is 0 Å². The van der Waals surface area contributed by atoms with Gasteiger partial charge in [0, 0.05) is 0 Å². The number of rotatable bonds is 5. The lowest BCUT2D eigenvalue weighted by Crippen LogP contribution is -1.99. The molecule has 0 aliphatic heterocycles. The van der Waals surface area contributed by atoms with Gasteiger partial charge in [-0.25, -0.2) is 0 Å². The molecule has 0 aliphatic carbocycles. The monoisotopic (exact) mass is 224 g/mol. The van der Waals surface area contributed by atoms with Crippen LogP contribution in [0, 0.1) is 0 Å². The fourth-order valence-corrected chi connectivity index (χ4v) is 1.62. The molecule has 0 amide bonds. The molecule has 16 heavy (non-hydrogen) atoms. The topological polar surface area (TPSA) is 27.7 Å². The van der Waals surface area contributed by atoms with E-state index < -0.39 is 0 Å². The summed E-state index contributed by atoms with van der Waals surface area (Å²) in [4.78, 5) is 0. The Morgan fingerprint density at radius 3 is 1.81 bits per heavy atom. The van der Waals surface area contributed by atoms with Crippen LogP contribution in [0.3, 0.4) is 0 Å². The van der Waals surface area contributed by atoms with Crippen LogP contribution >= 0.6 is 0 Å². The van der Waals surface area contributed by atoms with Crippen LogP contribution in [0.25, 0.3) is 0 Å². The van der Waals surface area contributed by atoms with Crippen LogP contribution < -0.4 is 14.2 Å². The lowest BCUT2D eigenvalue weighted by Gasteiger charge is -2.16. The van der Waals surface area contributed by atoms with E-state index in [1.807, 2.05) is 12.1 Å². The Labute approximate surface area is 97.3 Å². The third kappa shape index (κ3) is 2.40. The second kappa shape index (κ2) is 5.64. The van der Waals surface area contributed by atoms with Gasteiger partial charge in [-0.15, -0.1) is 0 Å². The molecule has 0 saturated carbocycles. The molecule has 3 nitrogen and oxygen atoms in total. The van der Waals surface area contributed by atoms with E-state index in [0.29, 0.717) is 11.7 Å². The summed E-state index contributed by atoms with van der Waals surface area (Å²) in [6, 6.07) is 4.02. The Balaban J connectivity index is 3.25. The fraction of sp³-hybridized carbons (Fsp3) is 0.538. The average Bonchev–Trinajstić information content (AvgIpc) is 2.35. The SMILES string of the molecule is CCC(C)c1cc(OC)c(OC)c(OC)c1. The van der Waals surface area contributed by atoms with Gasteiger partial charge < -0.3 is 14.2 Å². The molecule has 0 radical (unpaired) electrons. The van der Waals surface area contributed by atoms with Gasteiger partial charge in [-0.2, -0.15) is 0 Å². The van der Waals surface area contributed by atoms with Crippen molar-refractivity contribution in [1.82, 2.24) is 0 Å². The minimum Gasteiger partial charge on any atom is -0.493 e. The normalized spacial score (nSPS) is 12.1. The van der Waals surface area contributed by atoms with Gasteiger partial charge >= 0.3 is 0 Å². The van der Waals surface area contributed by atoms with Gasteiger partial charge in [0.05, 0.1) is 21.3 Å². The summed E-state index contributed by atoms with van der Waals surface area (Å²) in [7, 11) is 4.89. The third-order valence-corrected chi connectivity index (χ3v) is 2.87. The van der Waals surface area contributed by atoms with Gasteiger partial charge in [0.15, 0.2) is 11.5 Å². The van der Waals surface area contributed by atoms with E-state index >= 15 is 0 Å². The third-order valence-electron chi connectivity index (χ3n) is 2.87. The van der Waals surface area contributed by atoms with Crippen LogP contribution in [0.5, 0.6) is 17.2 Å². The average molecular weight is 224 g/mol. The van der Waals surface area contributed by atoms with Crippen molar-refractivity contribution in [1.29, 1.82) is 0 Å². The molecule has 0 aromatic heterocycles. The maximum atomic E-state index is 5.31. The summed E-state index contributed by atoms with van der Waals surface area (Å²) in [6.07, 6.45) is 1.08. The first-order chi connectivity index (χ1) is 7.67. The summed E-state index contributed by atoms with van der Waals surface area (Å²) in [6.45, 7) is 4.34.